The number of carboxylic acids is 1. The minimum Gasteiger partial charge on any atom is -1.00 e. The Bertz CT molecular complexity index is 398. The molecule has 0 aliphatic heterocycles. The number of hydrogen-bond donors (Lipinski definition) is 1. The zero-order chi connectivity index (χ0) is 13.0. The number of aliphatic carboxylic acids is 1. The van der Waals surface area contributed by atoms with Gasteiger partial charge in [-0.15, -0.1) is 12.0 Å². The molecule has 0 heterocycles. The van der Waals surface area contributed by atoms with Crippen molar-refractivity contribution in [2.24, 2.45) is 0 Å². The molecule has 21 heavy (non-hydrogen) atoms. The maximum Gasteiger partial charge on any atom is 3.00 e. The molecule has 0 atom stereocenters. The molecular formula is C16H21Cl2O2Ti. The molecule has 0 amide bonds. The van der Waals surface area contributed by atoms with Crippen LogP contribution in [0.5, 0.6) is 0 Å². The van der Waals surface area contributed by atoms with Crippen LogP contribution in [0.1, 0.15) is 51.4 Å². The molecule has 1 radical (unpaired) electrons. The summed E-state index contributed by atoms with van der Waals surface area (Å²) in [5, 5.41) is 7.60. The van der Waals surface area contributed by atoms with Crippen LogP contribution in [0, 0.1) is 6.42 Å². The molecule has 0 saturated carbocycles. The molecule has 0 spiro atoms. The van der Waals surface area contributed by atoms with E-state index in [0.29, 0.717) is 0 Å². The van der Waals surface area contributed by atoms with Crippen LogP contribution in [0.15, 0.2) is 34.9 Å². The van der Waals surface area contributed by atoms with E-state index in [-0.39, 0.29) is 46.5 Å². The average Bonchev–Trinajstić information content (AvgIpc) is 2.78. The van der Waals surface area contributed by atoms with Gasteiger partial charge in [-0.3, -0.25) is 0 Å². The fourth-order valence-corrected chi connectivity index (χ4v) is 3.12. The third kappa shape index (κ3) is 6.24. The molecule has 115 valence electrons. The molecule has 2 nitrogen and oxygen atoms in total. The molecule has 0 aromatic heterocycles. The molecule has 0 bridgehead atoms. The van der Waals surface area contributed by atoms with Crippen molar-refractivity contribution >= 4 is 5.97 Å². The van der Waals surface area contributed by atoms with Gasteiger partial charge in [0.25, 0.3) is 0 Å². The van der Waals surface area contributed by atoms with Crippen LogP contribution in [0.4, 0.5) is 0 Å². The Morgan fingerprint density at radius 1 is 1.10 bits per heavy atom. The fourth-order valence-electron chi connectivity index (χ4n) is 3.12. The third-order valence-electron chi connectivity index (χ3n) is 3.93. The summed E-state index contributed by atoms with van der Waals surface area (Å²) >= 11 is 0. The first-order chi connectivity index (χ1) is 8.72. The van der Waals surface area contributed by atoms with E-state index in [9.17, 15) is 4.79 Å². The van der Waals surface area contributed by atoms with Gasteiger partial charge in [-0.1, -0.05) is 31.4 Å². The number of fused-ring (bicyclic) bond motifs is 1. The normalized spacial score (nSPS) is 18.3. The van der Waals surface area contributed by atoms with E-state index in [1.54, 1.807) is 22.3 Å². The van der Waals surface area contributed by atoms with Crippen LogP contribution in [-0.2, 0) is 26.5 Å². The van der Waals surface area contributed by atoms with E-state index in [1.165, 1.54) is 51.4 Å². The van der Waals surface area contributed by atoms with Gasteiger partial charge in [0.15, 0.2) is 0 Å². The zero-order valence-corrected chi connectivity index (χ0v) is 15.2. The van der Waals surface area contributed by atoms with Gasteiger partial charge in [0, 0.05) is 6.08 Å². The van der Waals surface area contributed by atoms with E-state index in [4.69, 9.17) is 5.11 Å². The second kappa shape index (κ2) is 11.4. The molecular weight excluding hydrogens is 343 g/mol. The van der Waals surface area contributed by atoms with Crippen LogP contribution in [0.25, 0.3) is 0 Å². The fraction of sp³-hybridized carbons (Fsp3) is 0.500. The standard InChI is InChI=1S/C13H17.C3H4O2.2ClH.Ti/c1-3-7-12-10(5-1)9-11-6-2-4-8-13(11)12;1-2-3(4)5;;;/h5H,1-4,6-9H2;2H,1H2,(H,4,5);2*1H;/q-1;;;;+3/p-2. The first-order valence-electron chi connectivity index (χ1n) is 6.84. The van der Waals surface area contributed by atoms with E-state index in [2.05, 4.69) is 13.0 Å². The molecule has 0 aromatic carbocycles. The first kappa shape index (κ1) is 23.1. The largest absolute Gasteiger partial charge is 3.00 e. The van der Waals surface area contributed by atoms with Crippen molar-refractivity contribution in [3.8, 4) is 0 Å². The Labute approximate surface area is 154 Å². The summed E-state index contributed by atoms with van der Waals surface area (Å²) in [7, 11) is 0. The summed E-state index contributed by atoms with van der Waals surface area (Å²) in [6, 6.07) is 0. The predicted octanol–water partition coefficient (Wildman–Crippen LogP) is -1.79. The summed E-state index contributed by atoms with van der Waals surface area (Å²) in [5.74, 6) is -0.981. The Hall–Kier alpha value is -0.146. The van der Waals surface area contributed by atoms with Gasteiger partial charge < -0.3 is 29.9 Å². The SMILES string of the molecule is C=CC(=O)O.[CH-]1CCCC2=C1CC1=C2CCCC1.[Cl-].[Cl-].[Ti+3]. The Kier molecular flexibility index (Phi) is 12.6. The van der Waals surface area contributed by atoms with Crippen molar-refractivity contribution in [3.63, 3.8) is 0 Å². The summed E-state index contributed by atoms with van der Waals surface area (Å²) in [4.78, 5) is 9.25. The maximum absolute atomic E-state index is 9.25. The summed E-state index contributed by atoms with van der Waals surface area (Å²) < 4.78 is 0. The molecule has 0 fully saturated rings. The molecule has 5 heteroatoms. The van der Waals surface area contributed by atoms with Gasteiger partial charge in [0.05, 0.1) is 0 Å². The Morgan fingerprint density at radius 3 is 2.29 bits per heavy atom. The topological polar surface area (TPSA) is 37.3 Å². The van der Waals surface area contributed by atoms with Gasteiger partial charge >= 0.3 is 27.7 Å². The van der Waals surface area contributed by atoms with Crippen molar-refractivity contribution in [1.82, 2.24) is 0 Å². The monoisotopic (exact) mass is 363 g/mol. The molecule has 0 unspecified atom stereocenters. The molecule has 1 N–H and O–H groups in total. The second-order valence-corrected chi connectivity index (χ2v) is 5.11. The smallest absolute Gasteiger partial charge is 1.00 e. The number of allylic oxidation sites excluding steroid dienone is 4. The van der Waals surface area contributed by atoms with Crippen molar-refractivity contribution in [2.75, 3.05) is 0 Å². The number of carboxylic acid groups (broad SMARTS) is 1. The molecule has 3 rings (SSSR count). The van der Waals surface area contributed by atoms with Crippen molar-refractivity contribution in [3.05, 3.63) is 41.4 Å². The molecule has 0 saturated heterocycles. The zero-order valence-electron chi connectivity index (χ0n) is 12.1. The molecule has 3 aliphatic carbocycles. The van der Waals surface area contributed by atoms with Gasteiger partial charge in [0.2, 0.25) is 0 Å². The van der Waals surface area contributed by atoms with Crippen molar-refractivity contribution < 1.29 is 56.4 Å². The van der Waals surface area contributed by atoms with Gasteiger partial charge in [-0.25, -0.2) is 16.8 Å². The Morgan fingerprint density at radius 2 is 1.67 bits per heavy atom. The van der Waals surface area contributed by atoms with E-state index < -0.39 is 5.97 Å². The summed E-state index contributed by atoms with van der Waals surface area (Å²) in [6.07, 6.45) is 14.4. The van der Waals surface area contributed by atoms with Crippen LogP contribution in [0.3, 0.4) is 0 Å². The summed E-state index contributed by atoms with van der Waals surface area (Å²) in [5.41, 5.74) is 7.06. The van der Waals surface area contributed by atoms with Gasteiger partial charge in [-0.05, 0) is 25.7 Å². The maximum atomic E-state index is 9.25. The van der Waals surface area contributed by atoms with E-state index >= 15 is 0 Å². The quantitative estimate of drug-likeness (QED) is 0.339. The average molecular weight is 364 g/mol. The first-order valence-corrected chi connectivity index (χ1v) is 6.84. The second-order valence-electron chi connectivity index (χ2n) is 5.11. The number of hydrogen-bond acceptors (Lipinski definition) is 1. The van der Waals surface area contributed by atoms with Crippen LogP contribution < -0.4 is 24.8 Å². The third-order valence-corrected chi connectivity index (χ3v) is 3.93. The van der Waals surface area contributed by atoms with Crippen LogP contribution in [-0.4, -0.2) is 11.1 Å². The van der Waals surface area contributed by atoms with Gasteiger partial charge in [-0.2, -0.15) is 5.57 Å². The van der Waals surface area contributed by atoms with Gasteiger partial charge in [0.1, 0.15) is 0 Å². The number of carbonyl (C=O) groups is 1. The predicted molar refractivity (Wildman–Crippen MR) is 73.1 cm³/mol. The van der Waals surface area contributed by atoms with E-state index in [1.807, 2.05) is 0 Å². The summed E-state index contributed by atoms with van der Waals surface area (Å²) in [6.45, 7) is 2.96. The van der Waals surface area contributed by atoms with Crippen LogP contribution >= 0.6 is 0 Å². The Balaban J connectivity index is 0. The number of halogens is 2. The van der Waals surface area contributed by atoms with E-state index in [0.717, 1.165) is 6.08 Å². The minimum absolute atomic E-state index is 0. The number of rotatable bonds is 1. The molecule has 0 aromatic rings. The minimum atomic E-state index is -0.981. The molecule has 3 aliphatic rings. The van der Waals surface area contributed by atoms with Crippen LogP contribution in [0.2, 0.25) is 0 Å². The van der Waals surface area contributed by atoms with Crippen molar-refractivity contribution in [1.29, 1.82) is 0 Å². The van der Waals surface area contributed by atoms with Crippen molar-refractivity contribution in [2.45, 2.75) is 51.4 Å².